The number of aromatic nitrogens is 2. The quantitative estimate of drug-likeness (QED) is 0.135. The first-order chi connectivity index (χ1) is 22.4. The minimum Gasteiger partial charge on any atom is -0.422 e. The lowest BCUT2D eigenvalue weighted by Gasteiger charge is -2.26. The summed E-state index contributed by atoms with van der Waals surface area (Å²) in [5.41, 5.74) is 1.49. The Labute approximate surface area is 264 Å². The molecule has 234 valence electrons. The van der Waals surface area contributed by atoms with Crippen molar-refractivity contribution in [3.05, 3.63) is 124 Å². The van der Waals surface area contributed by atoms with E-state index in [1.54, 1.807) is 29.1 Å². The largest absolute Gasteiger partial charge is 0.422 e. The van der Waals surface area contributed by atoms with Crippen molar-refractivity contribution in [1.29, 1.82) is 0 Å². The Bertz CT molecular complexity index is 1930. The maximum atomic E-state index is 13.6. The van der Waals surface area contributed by atoms with Crippen LogP contribution in [0.15, 0.2) is 106 Å². The molecule has 2 amide bonds. The predicted molar refractivity (Wildman–Crippen MR) is 172 cm³/mol. The standard InChI is InChI=1S/C35H32FN5O5/c36-27-13-11-24(12-14-27)33(42)38-30(34(43)37-15-6-16-40-17-19-45-20-18-40)22-26-23-41(28-8-2-1-3-9-28)39-32(26)29-21-25-7-4-5-10-31(25)46-35(29)44/h1-5,7-14,21-23H,6,15-20H2,(H,37,43)(H,38,42)/b30-22-. The molecule has 2 aromatic heterocycles. The summed E-state index contributed by atoms with van der Waals surface area (Å²) in [5, 5.41) is 11.0. The molecule has 0 spiro atoms. The fraction of sp³-hybridized carbons (Fsp3) is 0.200. The Balaban J connectivity index is 1.37. The van der Waals surface area contributed by atoms with E-state index in [9.17, 15) is 18.8 Å². The van der Waals surface area contributed by atoms with Gasteiger partial charge >= 0.3 is 5.63 Å². The number of ether oxygens (including phenoxy) is 1. The van der Waals surface area contributed by atoms with Crippen molar-refractivity contribution in [2.75, 3.05) is 39.4 Å². The number of nitrogens with zero attached hydrogens (tertiary/aromatic N) is 3. The normalized spacial score (nSPS) is 13.9. The van der Waals surface area contributed by atoms with E-state index >= 15 is 0 Å². The third-order valence-electron chi connectivity index (χ3n) is 7.60. The van der Waals surface area contributed by atoms with Gasteiger partial charge in [-0.15, -0.1) is 0 Å². The summed E-state index contributed by atoms with van der Waals surface area (Å²) >= 11 is 0. The first-order valence-electron chi connectivity index (χ1n) is 15.0. The summed E-state index contributed by atoms with van der Waals surface area (Å²) in [6.45, 7) is 4.20. The lowest BCUT2D eigenvalue weighted by atomic mass is 10.1. The van der Waals surface area contributed by atoms with Gasteiger partial charge in [0.15, 0.2) is 0 Å². The van der Waals surface area contributed by atoms with E-state index in [1.807, 2.05) is 42.5 Å². The smallest absolute Gasteiger partial charge is 0.345 e. The number of fused-ring (bicyclic) bond motifs is 1. The molecule has 3 heterocycles. The van der Waals surface area contributed by atoms with E-state index in [4.69, 9.17) is 14.3 Å². The van der Waals surface area contributed by atoms with Gasteiger partial charge in [0.05, 0.1) is 24.5 Å². The van der Waals surface area contributed by atoms with Crippen LogP contribution in [0.25, 0.3) is 34.0 Å². The van der Waals surface area contributed by atoms with Crippen LogP contribution in [-0.4, -0.2) is 65.9 Å². The number of halogens is 1. The van der Waals surface area contributed by atoms with Crippen LogP contribution in [0.2, 0.25) is 0 Å². The highest BCUT2D eigenvalue weighted by Crippen LogP contribution is 2.26. The monoisotopic (exact) mass is 621 g/mol. The van der Waals surface area contributed by atoms with Gasteiger partial charge in [-0.3, -0.25) is 14.5 Å². The van der Waals surface area contributed by atoms with E-state index in [2.05, 4.69) is 15.5 Å². The lowest BCUT2D eigenvalue weighted by Crippen LogP contribution is -2.39. The van der Waals surface area contributed by atoms with E-state index in [0.29, 0.717) is 42.7 Å². The SMILES string of the molecule is O=C(NCCCN1CCOCC1)/C(=C/c1cn(-c2ccccc2)nc1-c1cc2ccccc2oc1=O)NC(=O)c1ccc(F)cc1. The molecule has 0 radical (unpaired) electrons. The van der Waals surface area contributed by atoms with Gasteiger partial charge in [-0.2, -0.15) is 5.10 Å². The minimum atomic E-state index is -0.601. The van der Waals surface area contributed by atoms with Crippen molar-refractivity contribution >= 4 is 28.9 Å². The molecule has 1 fully saturated rings. The van der Waals surface area contributed by atoms with Crippen molar-refractivity contribution in [3.63, 3.8) is 0 Å². The Kier molecular flexibility index (Phi) is 9.42. The minimum absolute atomic E-state index is 0.0697. The third-order valence-corrected chi connectivity index (χ3v) is 7.60. The molecule has 0 bridgehead atoms. The summed E-state index contributed by atoms with van der Waals surface area (Å²) in [7, 11) is 0. The molecule has 0 unspecified atom stereocenters. The lowest BCUT2D eigenvalue weighted by molar-refractivity contribution is -0.117. The topological polar surface area (TPSA) is 119 Å². The Morgan fingerprint density at radius 2 is 1.70 bits per heavy atom. The van der Waals surface area contributed by atoms with Crippen LogP contribution in [0.3, 0.4) is 0 Å². The molecule has 10 nitrogen and oxygen atoms in total. The van der Waals surface area contributed by atoms with Crippen LogP contribution in [0.4, 0.5) is 4.39 Å². The summed E-state index contributed by atoms with van der Waals surface area (Å²) in [6, 6.07) is 23.1. The molecule has 0 atom stereocenters. The summed E-state index contributed by atoms with van der Waals surface area (Å²) in [5.74, 6) is -1.61. The number of carbonyl (C=O) groups is 2. The molecule has 11 heteroatoms. The molecular formula is C35H32FN5O5. The number of rotatable bonds is 10. The maximum absolute atomic E-state index is 13.6. The Morgan fingerprint density at radius 1 is 0.957 bits per heavy atom. The molecule has 2 N–H and O–H groups in total. The number of para-hydroxylation sites is 2. The molecule has 6 rings (SSSR count). The maximum Gasteiger partial charge on any atom is 0.345 e. The number of benzene rings is 3. The highest BCUT2D eigenvalue weighted by molar-refractivity contribution is 6.05. The molecule has 0 saturated carbocycles. The van der Waals surface area contributed by atoms with Crippen molar-refractivity contribution in [1.82, 2.24) is 25.3 Å². The second kappa shape index (κ2) is 14.1. The van der Waals surface area contributed by atoms with Gasteiger partial charge in [0.1, 0.15) is 22.8 Å². The number of morpholine rings is 1. The molecular weight excluding hydrogens is 589 g/mol. The number of hydrogen-bond donors (Lipinski definition) is 2. The van der Waals surface area contributed by atoms with E-state index in [1.165, 1.54) is 30.3 Å². The number of hydrogen-bond acceptors (Lipinski definition) is 7. The molecule has 1 aliphatic heterocycles. The fourth-order valence-electron chi connectivity index (χ4n) is 5.18. The van der Waals surface area contributed by atoms with Gasteiger partial charge in [0, 0.05) is 42.3 Å². The first kappa shape index (κ1) is 30.6. The van der Waals surface area contributed by atoms with Crippen LogP contribution in [0.5, 0.6) is 0 Å². The van der Waals surface area contributed by atoms with Crippen LogP contribution in [-0.2, 0) is 9.53 Å². The van der Waals surface area contributed by atoms with Gasteiger partial charge in [0.2, 0.25) is 0 Å². The highest BCUT2D eigenvalue weighted by atomic mass is 19.1. The average molecular weight is 622 g/mol. The summed E-state index contributed by atoms with van der Waals surface area (Å²) in [6.07, 6.45) is 3.85. The zero-order chi connectivity index (χ0) is 31.9. The first-order valence-corrected chi connectivity index (χ1v) is 15.0. The van der Waals surface area contributed by atoms with Crippen LogP contribution in [0, 0.1) is 5.82 Å². The van der Waals surface area contributed by atoms with E-state index < -0.39 is 23.3 Å². The van der Waals surface area contributed by atoms with Crippen LogP contribution in [0.1, 0.15) is 22.3 Å². The average Bonchev–Trinajstić information content (AvgIpc) is 3.50. The fourth-order valence-corrected chi connectivity index (χ4v) is 5.18. The van der Waals surface area contributed by atoms with Crippen molar-refractivity contribution in [3.8, 4) is 16.9 Å². The van der Waals surface area contributed by atoms with Gasteiger partial charge < -0.3 is 19.8 Å². The van der Waals surface area contributed by atoms with Gasteiger partial charge in [0.25, 0.3) is 11.8 Å². The van der Waals surface area contributed by atoms with E-state index in [-0.39, 0.29) is 22.5 Å². The van der Waals surface area contributed by atoms with Gasteiger partial charge in [-0.05, 0) is 67.6 Å². The summed E-state index contributed by atoms with van der Waals surface area (Å²) < 4.78 is 26.1. The van der Waals surface area contributed by atoms with Gasteiger partial charge in [-0.25, -0.2) is 13.9 Å². The van der Waals surface area contributed by atoms with Crippen molar-refractivity contribution in [2.45, 2.75) is 6.42 Å². The third kappa shape index (κ3) is 7.28. The molecule has 1 saturated heterocycles. The van der Waals surface area contributed by atoms with Crippen LogP contribution < -0.4 is 16.3 Å². The molecule has 5 aromatic rings. The molecule has 0 aliphatic carbocycles. The molecule has 3 aromatic carbocycles. The molecule has 46 heavy (non-hydrogen) atoms. The number of carbonyl (C=O) groups excluding carboxylic acids is 2. The van der Waals surface area contributed by atoms with Crippen LogP contribution >= 0.6 is 0 Å². The molecule has 1 aliphatic rings. The van der Waals surface area contributed by atoms with Crippen molar-refractivity contribution < 1.29 is 23.1 Å². The number of nitrogens with one attached hydrogen (secondary N) is 2. The zero-order valence-corrected chi connectivity index (χ0v) is 24.9. The van der Waals surface area contributed by atoms with E-state index in [0.717, 1.165) is 25.3 Å². The van der Waals surface area contributed by atoms with Gasteiger partial charge in [-0.1, -0.05) is 36.4 Å². The predicted octanol–water partition coefficient (Wildman–Crippen LogP) is 4.39. The Hall–Kier alpha value is -5.39. The second-order valence-corrected chi connectivity index (χ2v) is 10.8. The highest BCUT2D eigenvalue weighted by Gasteiger charge is 2.21. The Morgan fingerprint density at radius 3 is 2.48 bits per heavy atom. The number of amides is 2. The second-order valence-electron chi connectivity index (χ2n) is 10.8. The zero-order valence-electron chi connectivity index (χ0n) is 24.9. The van der Waals surface area contributed by atoms with Crippen molar-refractivity contribution in [2.24, 2.45) is 0 Å². The summed E-state index contributed by atoms with van der Waals surface area (Å²) in [4.78, 5) is 42.3.